The molecule has 34 heavy (non-hydrogen) atoms. The second-order valence-electron chi connectivity index (χ2n) is 8.03. The third-order valence-electron chi connectivity index (χ3n) is 5.50. The van der Waals surface area contributed by atoms with Crippen molar-refractivity contribution in [2.24, 2.45) is 0 Å². The maximum Gasteiger partial charge on any atom is 0.241 e. The summed E-state index contributed by atoms with van der Waals surface area (Å²) < 4.78 is 32.6. The van der Waals surface area contributed by atoms with E-state index in [1.165, 1.54) is 19.1 Å². The van der Waals surface area contributed by atoms with Crippen LogP contribution in [0.15, 0.2) is 64.0 Å². The Morgan fingerprint density at radius 3 is 2.56 bits per heavy atom. The van der Waals surface area contributed by atoms with Crippen LogP contribution in [0.5, 0.6) is 0 Å². The summed E-state index contributed by atoms with van der Waals surface area (Å²) in [6.07, 6.45) is 1.52. The number of hydrogen-bond acceptors (Lipinski definition) is 7. The highest BCUT2D eigenvalue weighted by atomic mass is 32.2. The van der Waals surface area contributed by atoms with E-state index in [1.807, 2.05) is 0 Å². The van der Waals surface area contributed by atoms with Gasteiger partial charge in [-0.05, 0) is 49.2 Å². The Bertz CT molecular complexity index is 1260. The van der Waals surface area contributed by atoms with Crippen LogP contribution in [0.25, 0.3) is 11.4 Å². The topological polar surface area (TPSA) is 134 Å². The molecule has 0 radical (unpaired) electrons. The summed E-state index contributed by atoms with van der Waals surface area (Å²) in [6.45, 7) is 2.03. The van der Waals surface area contributed by atoms with Crippen LogP contribution >= 0.6 is 0 Å². The minimum Gasteiger partial charge on any atom is -0.341 e. The summed E-state index contributed by atoms with van der Waals surface area (Å²) in [7, 11) is -3.76. The third-order valence-corrected chi connectivity index (χ3v) is 6.91. The molecule has 2 heterocycles. The Kier molecular flexibility index (Phi) is 7.03. The average molecular weight is 484 g/mol. The highest BCUT2D eigenvalue weighted by Gasteiger charge is 2.29. The lowest BCUT2D eigenvalue weighted by molar-refractivity contribution is -0.131. The van der Waals surface area contributed by atoms with Crippen LogP contribution in [0, 0.1) is 0 Å². The van der Waals surface area contributed by atoms with Gasteiger partial charge in [0, 0.05) is 31.3 Å². The van der Waals surface area contributed by atoms with Gasteiger partial charge in [0.2, 0.25) is 33.6 Å². The molecule has 1 unspecified atom stereocenters. The summed E-state index contributed by atoms with van der Waals surface area (Å²) in [5.74, 6) is 0.256. The van der Waals surface area contributed by atoms with Crippen LogP contribution < -0.4 is 10.0 Å². The molecule has 0 aliphatic carbocycles. The van der Waals surface area contributed by atoms with Crippen molar-refractivity contribution in [2.45, 2.75) is 30.6 Å². The van der Waals surface area contributed by atoms with Crippen molar-refractivity contribution in [1.82, 2.24) is 19.8 Å². The van der Waals surface area contributed by atoms with E-state index >= 15 is 0 Å². The van der Waals surface area contributed by atoms with Crippen molar-refractivity contribution >= 4 is 27.5 Å². The van der Waals surface area contributed by atoms with Crippen molar-refractivity contribution in [2.75, 3.05) is 25.0 Å². The largest absolute Gasteiger partial charge is 0.341 e. The number of likely N-dealkylation sites (tertiary alicyclic amines) is 1. The number of anilines is 1. The molecular weight excluding hydrogens is 458 g/mol. The summed E-state index contributed by atoms with van der Waals surface area (Å²) >= 11 is 0. The zero-order valence-electron chi connectivity index (χ0n) is 18.6. The molecule has 1 fully saturated rings. The number of carbonyl (C=O) groups is 2. The Balaban J connectivity index is 1.37. The van der Waals surface area contributed by atoms with Crippen LogP contribution in [0.3, 0.4) is 0 Å². The van der Waals surface area contributed by atoms with E-state index in [2.05, 4.69) is 20.2 Å². The first-order valence-electron chi connectivity index (χ1n) is 10.9. The van der Waals surface area contributed by atoms with Gasteiger partial charge in [0.25, 0.3) is 0 Å². The maximum atomic E-state index is 12.7. The molecule has 2 aromatic carbocycles. The lowest BCUT2D eigenvalue weighted by atomic mass is 9.98. The third kappa shape index (κ3) is 5.67. The average Bonchev–Trinajstić information content (AvgIpc) is 3.34. The molecule has 1 saturated heterocycles. The molecule has 0 bridgehead atoms. The number of benzene rings is 2. The van der Waals surface area contributed by atoms with Crippen LogP contribution in [-0.2, 0) is 19.6 Å². The molecule has 1 atom stereocenters. The Morgan fingerprint density at radius 1 is 1.12 bits per heavy atom. The Labute approximate surface area is 197 Å². The predicted molar refractivity (Wildman–Crippen MR) is 124 cm³/mol. The smallest absolute Gasteiger partial charge is 0.241 e. The highest BCUT2D eigenvalue weighted by molar-refractivity contribution is 7.89. The standard InChI is InChI=1S/C23H25N5O5S/c1-16(29)25-19-11-9-17(10-12-19)22-26-23(33-27-22)18-6-5-13-28(15-18)21(30)14-24-34(31,32)20-7-3-2-4-8-20/h2-4,7-12,18,24H,5-6,13-15H2,1H3,(H,25,29). The summed E-state index contributed by atoms with van der Waals surface area (Å²) in [5.41, 5.74) is 1.41. The van der Waals surface area contributed by atoms with Gasteiger partial charge in [-0.3, -0.25) is 9.59 Å². The van der Waals surface area contributed by atoms with Gasteiger partial charge in [0.15, 0.2) is 0 Å². The van der Waals surface area contributed by atoms with E-state index in [0.717, 1.165) is 18.4 Å². The fourth-order valence-corrected chi connectivity index (χ4v) is 4.78. The van der Waals surface area contributed by atoms with E-state index in [-0.39, 0.29) is 29.2 Å². The normalized spacial score (nSPS) is 16.3. The molecule has 1 aliphatic heterocycles. The quantitative estimate of drug-likeness (QED) is 0.527. The molecule has 11 heteroatoms. The zero-order chi connectivity index (χ0) is 24.1. The number of carbonyl (C=O) groups excluding carboxylic acids is 2. The van der Waals surface area contributed by atoms with E-state index in [0.29, 0.717) is 30.5 Å². The van der Waals surface area contributed by atoms with Crippen molar-refractivity contribution in [3.8, 4) is 11.4 Å². The summed E-state index contributed by atoms with van der Waals surface area (Å²) in [6, 6.07) is 15.0. The van der Waals surface area contributed by atoms with Crippen molar-refractivity contribution in [1.29, 1.82) is 0 Å². The minimum absolute atomic E-state index is 0.114. The number of nitrogens with one attached hydrogen (secondary N) is 2. The number of rotatable bonds is 7. The van der Waals surface area contributed by atoms with Crippen molar-refractivity contribution < 1.29 is 22.5 Å². The van der Waals surface area contributed by atoms with Crippen molar-refractivity contribution in [3.63, 3.8) is 0 Å². The van der Waals surface area contributed by atoms with E-state index < -0.39 is 10.0 Å². The number of sulfonamides is 1. The lowest BCUT2D eigenvalue weighted by Gasteiger charge is -2.31. The molecule has 2 amide bonds. The molecule has 3 aromatic rings. The number of aromatic nitrogens is 2. The van der Waals surface area contributed by atoms with Crippen LogP contribution in [0.4, 0.5) is 5.69 Å². The number of amides is 2. The predicted octanol–water partition coefficient (Wildman–Crippen LogP) is 2.38. The Morgan fingerprint density at radius 2 is 1.85 bits per heavy atom. The molecule has 0 spiro atoms. The number of piperidine rings is 1. The van der Waals surface area contributed by atoms with Gasteiger partial charge >= 0.3 is 0 Å². The van der Waals surface area contributed by atoms with Gasteiger partial charge in [-0.15, -0.1) is 0 Å². The molecule has 178 valence electrons. The first-order chi connectivity index (χ1) is 16.3. The molecule has 10 nitrogen and oxygen atoms in total. The van der Waals surface area contributed by atoms with Crippen LogP contribution in [0.2, 0.25) is 0 Å². The number of hydrogen-bond donors (Lipinski definition) is 2. The van der Waals surface area contributed by atoms with Crippen LogP contribution in [-0.4, -0.2) is 54.9 Å². The summed E-state index contributed by atoms with van der Waals surface area (Å²) in [4.78, 5) is 30.1. The monoisotopic (exact) mass is 483 g/mol. The molecular formula is C23H25N5O5S. The number of nitrogens with zero attached hydrogens (tertiary/aromatic N) is 3. The van der Waals surface area contributed by atoms with Crippen molar-refractivity contribution in [3.05, 3.63) is 60.5 Å². The molecule has 1 aromatic heterocycles. The van der Waals surface area contributed by atoms with E-state index in [1.54, 1.807) is 47.4 Å². The van der Waals surface area contributed by atoms with Gasteiger partial charge in [0.05, 0.1) is 17.4 Å². The van der Waals surface area contributed by atoms with Gasteiger partial charge in [0.1, 0.15) is 0 Å². The molecule has 2 N–H and O–H groups in total. The maximum absolute atomic E-state index is 12.7. The van der Waals surface area contributed by atoms with E-state index in [4.69, 9.17) is 4.52 Å². The minimum atomic E-state index is -3.76. The molecule has 1 aliphatic rings. The second kappa shape index (κ2) is 10.1. The van der Waals surface area contributed by atoms with Gasteiger partial charge in [-0.1, -0.05) is 23.4 Å². The van der Waals surface area contributed by atoms with Gasteiger partial charge in [-0.25, -0.2) is 13.1 Å². The second-order valence-corrected chi connectivity index (χ2v) is 9.80. The SMILES string of the molecule is CC(=O)Nc1ccc(-c2noc(C3CCCN(C(=O)CNS(=O)(=O)c4ccccc4)C3)n2)cc1. The van der Waals surface area contributed by atoms with E-state index in [9.17, 15) is 18.0 Å². The fraction of sp³-hybridized carbons (Fsp3) is 0.304. The zero-order valence-corrected chi connectivity index (χ0v) is 19.4. The Hall–Kier alpha value is -3.57. The van der Waals surface area contributed by atoms with Gasteiger partial charge < -0.3 is 14.7 Å². The van der Waals surface area contributed by atoms with Crippen LogP contribution in [0.1, 0.15) is 31.6 Å². The first-order valence-corrected chi connectivity index (χ1v) is 12.3. The molecule has 4 rings (SSSR count). The lowest BCUT2D eigenvalue weighted by Crippen LogP contribution is -2.44. The fourth-order valence-electron chi connectivity index (χ4n) is 3.78. The van der Waals surface area contributed by atoms with Gasteiger partial charge in [-0.2, -0.15) is 4.98 Å². The highest BCUT2D eigenvalue weighted by Crippen LogP contribution is 2.28. The first kappa shape index (κ1) is 23.6. The summed E-state index contributed by atoms with van der Waals surface area (Å²) in [5, 5.41) is 6.76. The molecule has 0 saturated carbocycles.